The Balaban J connectivity index is 1.97. The maximum Gasteiger partial charge on any atom is 0.245 e. The van der Waals surface area contributed by atoms with Gasteiger partial charge in [-0.3, -0.25) is 4.79 Å². The Hall–Kier alpha value is -2.17. The van der Waals surface area contributed by atoms with E-state index in [1.54, 1.807) is 14.2 Å². The van der Waals surface area contributed by atoms with Crippen molar-refractivity contribution < 1.29 is 14.3 Å². The lowest BCUT2D eigenvalue weighted by Crippen LogP contribution is -2.41. The molecule has 2 rings (SSSR count). The summed E-state index contributed by atoms with van der Waals surface area (Å²) in [6.45, 7) is 5.03. The summed E-state index contributed by atoms with van der Waals surface area (Å²) in [5.41, 5.74) is 0.972. The molecule has 5 heteroatoms. The summed E-state index contributed by atoms with van der Waals surface area (Å²) in [6, 6.07) is 6.08. The zero-order valence-corrected chi connectivity index (χ0v) is 12.6. The predicted molar refractivity (Wildman–Crippen MR) is 83.0 cm³/mol. The molecule has 0 radical (unpaired) electrons. The third kappa shape index (κ3) is 3.90. The SMILES string of the molecule is C=CC(=O)N1CCC(Nc2cc(OC)cc(OC)c2)CC1. The van der Waals surface area contributed by atoms with E-state index in [9.17, 15) is 4.79 Å². The molecule has 0 saturated carbocycles. The van der Waals surface area contributed by atoms with Gasteiger partial charge in [0, 0.05) is 43.0 Å². The monoisotopic (exact) mass is 290 g/mol. The second-order valence-corrected chi connectivity index (χ2v) is 5.05. The molecule has 1 heterocycles. The lowest BCUT2D eigenvalue weighted by atomic mass is 10.0. The first kappa shape index (κ1) is 15.2. The van der Waals surface area contributed by atoms with Crippen LogP contribution in [0.25, 0.3) is 0 Å². The van der Waals surface area contributed by atoms with Crippen LogP contribution < -0.4 is 14.8 Å². The van der Waals surface area contributed by atoms with Gasteiger partial charge in [-0.05, 0) is 18.9 Å². The van der Waals surface area contributed by atoms with Crippen molar-refractivity contribution in [1.29, 1.82) is 0 Å². The van der Waals surface area contributed by atoms with Crippen LogP contribution in [-0.2, 0) is 4.79 Å². The predicted octanol–water partition coefficient (Wildman–Crippen LogP) is 2.29. The van der Waals surface area contributed by atoms with Crippen molar-refractivity contribution in [2.24, 2.45) is 0 Å². The largest absolute Gasteiger partial charge is 0.497 e. The zero-order valence-electron chi connectivity index (χ0n) is 12.6. The molecule has 1 aromatic rings. The molecule has 0 unspecified atom stereocenters. The van der Waals surface area contributed by atoms with Gasteiger partial charge in [0.05, 0.1) is 14.2 Å². The van der Waals surface area contributed by atoms with Crippen LogP contribution in [-0.4, -0.2) is 44.2 Å². The van der Waals surface area contributed by atoms with Crippen LogP contribution in [0.4, 0.5) is 5.69 Å². The number of nitrogens with zero attached hydrogens (tertiary/aromatic N) is 1. The quantitative estimate of drug-likeness (QED) is 0.845. The van der Waals surface area contributed by atoms with Gasteiger partial charge in [-0.25, -0.2) is 0 Å². The van der Waals surface area contributed by atoms with Gasteiger partial charge in [0.1, 0.15) is 11.5 Å². The van der Waals surface area contributed by atoms with Crippen LogP contribution in [0.5, 0.6) is 11.5 Å². The average Bonchev–Trinajstić information content (AvgIpc) is 2.54. The second kappa shape index (κ2) is 7.02. The molecule has 1 N–H and O–H groups in total. The molecule has 1 aliphatic rings. The number of methoxy groups -OCH3 is 2. The van der Waals surface area contributed by atoms with Crippen LogP contribution in [0.3, 0.4) is 0 Å². The number of ether oxygens (including phenoxy) is 2. The van der Waals surface area contributed by atoms with Gasteiger partial charge in [-0.15, -0.1) is 0 Å². The van der Waals surface area contributed by atoms with Crippen LogP contribution in [0.2, 0.25) is 0 Å². The molecule has 1 saturated heterocycles. The fourth-order valence-corrected chi connectivity index (χ4v) is 2.50. The number of piperidine rings is 1. The molecule has 21 heavy (non-hydrogen) atoms. The molecule has 0 bridgehead atoms. The maximum atomic E-state index is 11.6. The van der Waals surface area contributed by atoms with Gasteiger partial charge in [0.25, 0.3) is 0 Å². The summed E-state index contributed by atoms with van der Waals surface area (Å²) < 4.78 is 10.5. The minimum absolute atomic E-state index is 0.0106. The summed E-state index contributed by atoms with van der Waals surface area (Å²) in [7, 11) is 3.27. The van der Waals surface area contributed by atoms with Crippen molar-refractivity contribution in [3.8, 4) is 11.5 Å². The Morgan fingerprint density at radius 1 is 1.24 bits per heavy atom. The molecule has 1 aliphatic heterocycles. The van der Waals surface area contributed by atoms with E-state index in [1.165, 1.54) is 6.08 Å². The topological polar surface area (TPSA) is 50.8 Å². The lowest BCUT2D eigenvalue weighted by molar-refractivity contribution is -0.126. The molecule has 114 valence electrons. The lowest BCUT2D eigenvalue weighted by Gasteiger charge is -2.32. The van der Waals surface area contributed by atoms with Gasteiger partial charge in [0.15, 0.2) is 0 Å². The number of amides is 1. The van der Waals surface area contributed by atoms with E-state index >= 15 is 0 Å². The molecule has 0 aliphatic carbocycles. The smallest absolute Gasteiger partial charge is 0.245 e. The van der Waals surface area contributed by atoms with Gasteiger partial charge in [-0.1, -0.05) is 6.58 Å². The first-order valence-electron chi connectivity index (χ1n) is 7.07. The van der Waals surface area contributed by atoms with Crippen molar-refractivity contribution in [3.05, 3.63) is 30.9 Å². The molecular formula is C16H22N2O3. The van der Waals surface area contributed by atoms with Crippen molar-refractivity contribution in [1.82, 2.24) is 4.90 Å². The van der Waals surface area contributed by atoms with E-state index in [0.29, 0.717) is 6.04 Å². The number of rotatable bonds is 5. The van der Waals surface area contributed by atoms with Crippen LogP contribution in [0, 0.1) is 0 Å². The first-order valence-corrected chi connectivity index (χ1v) is 7.07. The number of hydrogen-bond donors (Lipinski definition) is 1. The molecule has 0 spiro atoms. The Morgan fingerprint density at radius 3 is 2.29 bits per heavy atom. The molecule has 0 aromatic heterocycles. The standard InChI is InChI=1S/C16H22N2O3/c1-4-16(19)18-7-5-12(6-8-18)17-13-9-14(20-2)11-15(10-13)21-3/h4,9-12,17H,1,5-8H2,2-3H3. The van der Waals surface area contributed by atoms with E-state index in [2.05, 4.69) is 11.9 Å². The fraction of sp³-hybridized carbons (Fsp3) is 0.438. The van der Waals surface area contributed by atoms with Gasteiger partial charge < -0.3 is 19.7 Å². The highest BCUT2D eigenvalue weighted by atomic mass is 16.5. The van der Waals surface area contributed by atoms with Crippen molar-refractivity contribution >= 4 is 11.6 Å². The number of nitrogens with one attached hydrogen (secondary N) is 1. The summed E-state index contributed by atoms with van der Waals surface area (Å²) in [6.07, 6.45) is 3.21. The van der Waals surface area contributed by atoms with E-state index < -0.39 is 0 Å². The van der Waals surface area contributed by atoms with Crippen LogP contribution >= 0.6 is 0 Å². The fourth-order valence-electron chi connectivity index (χ4n) is 2.50. The number of likely N-dealkylation sites (tertiary alicyclic amines) is 1. The summed E-state index contributed by atoms with van der Waals surface area (Å²) in [4.78, 5) is 13.4. The number of anilines is 1. The summed E-state index contributed by atoms with van der Waals surface area (Å²) in [5, 5.41) is 3.48. The van der Waals surface area contributed by atoms with Crippen molar-refractivity contribution in [2.45, 2.75) is 18.9 Å². The van der Waals surface area contributed by atoms with Crippen LogP contribution in [0.1, 0.15) is 12.8 Å². The highest BCUT2D eigenvalue weighted by Crippen LogP contribution is 2.27. The molecular weight excluding hydrogens is 268 g/mol. The van der Waals surface area contributed by atoms with E-state index in [-0.39, 0.29) is 5.91 Å². The Bertz CT molecular complexity index is 486. The minimum atomic E-state index is 0.0106. The minimum Gasteiger partial charge on any atom is -0.497 e. The molecule has 1 amide bonds. The number of hydrogen-bond acceptors (Lipinski definition) is 4. The van der Waals surface area contributed by atoms with Gasteiger partial charge in [0.2, 0.25) is 5.91 Å². The Labute approximate surface area is 125 Å². The summed E-state index contributed by atoms with van der Waals surface area (Å²) >= 11 is 0. The number of carbonyl (C=O) groups is 1. The molecule has 1 aromatic carbocycles. The van der Waals surface area contributed by atoms with Crippen molar-refractivity contribution in [3.63, 3.8) is 0 Å². The van der Waals surface area contributed by atoms with E-state index in [4.69, 9.17) is 9.47 Å². The molecule has 5 nitrogen and oxygen atoms in total. The Kier molecular flexibility index (Phi) is 5.09. The molecule has 1 fully saturated rings. The van der Waals surface area contributed by atoms with Gasteiger partial charge >= 0.3 is 0 Å². The summed E-state index contributed by atoms with van der Waals surface area (Å²) in [5.74, 6) is 1.53. The number of carbonyl (C=O) groups excluding carboxylic acids is 1. The van der Waals surface area contributed by atoms with E-state index in [0.717, 1.165) is 43.1 Å². The van der Waals surface area contributed by atoms with Crippen molar-refractivity contribution in [2.75, 3.05) is 32.6 Å². The third-order valence-corrected chi connectivity index (χ3v) is 3.70. The van der Waals surface area contributed by atoms with Gasteiger partial charge in [-0.2, -0.15) is 0 Å². The molecule has 0 atom stereocenters. The third-order valence-electron chi connectivity index (χ3n) is 3.70. The highest BCUT2D eigenvalue weighted by Gasteiger charge is 2.21. The second-order valence-electron chi connectivity index (χ2n) is 5.05. The van der Waals surface area contributed by atoms with E-state index in [1.807, 2.05) is 23.1 Å². The first-order chi connectivity index (χ1) is 10.2. The van der Waals surface area contributed by atoms with Crippen LogP contribution in [0.15, 0.2) is 30.9 Å². The Morgan fingerprint density at radius 2 is 1.81 bits per heavy atom. The zero-order chi connectivity index (χ0) is 15.2. The maximum absolute atomic E-state index is 11.6. The average molecular weight is 290 g/mol. The number of benzene rings is 1. The highest BCUT2D eigenvalue weighted by molar-refractivity contribution is 5.87. The normalized spacial score (nSPS) is 15.4.